The minimum absolute atomic E-state index is 0.0354. The van der Waals surface area contributed by atoms with E-state index in [9.17, 15) is 4.79 Å². The van der Waals surface area contributed by atoms with Gasteiger partial charge in [0.25, 0.3) is 5.91 Å². The van der Waals surface area contributed by atoms with Crippen LogP contribution >= 0.6 is 23.2 Å². The lowest BCUT2D eigenvalue weighted by atomic mass is 9.81. The van der Waals surface area contributed by atoms with E-state index in [1.54, 1.807) is 42.5 Å². The zero-order valence-electron chi connectivity index (χ0n) is 24.8. The maximum atomic E-state index is 14.5. The van der Waals surface area contributed by atoms with E-state index in [1.165, 1.54) is 0 Å². The number of aliphatic hydroxyl groups is 1. The van der Waals surface area contributed by atoms with Crippen molar-refractivity contribution in [2.75, 3.05) is 13.2 Å². The van der Waals surface area contributed by atoms with Crippen molar-refractivity contribution in [3.05, 3.63) is 145 Å². The van der Waals surface area contributed by atoms with E-state index in [2.05, 4.69) is 20.9 Å². The van der Waals surface area contributed by atoms with Crippen molar-refractivity contribution in [2.24, 2.45) is 10.1 Å². The topological polar surface area (TPSA) is 141 Å². The highest BCUT2D eigenvalue weighted by atomic mass is 35.5. The number of amides is 1. The molecule has 0 spiro atoms. The van der Waals surface area contributed by atoms with Crippen LogP contribution in [0.25, 0.3) is 10.4 Å². The summed E-state index contributed by atoms with van der Waals surface area (Å²) in [5, 5.41) is 13.6. The number of azide groups is 1. The van der Waals surface area contributed by atoms with Crippen molar-refractivity contribution in [2.45, 2.75) is 37.6 Å². The fraction of sp³-hybridized carbons (Fsp3) is 0.235. The van der Waals surface area contributed by atoms with E-state index < -0.39 is 17.6 Å². The predicted octanol–water partition coefficient (Wildman–Crippen LogP) is 6.89. The van der Waals surface area contributed by atoms with Crippen LogP contribution in [-0.4, -0.2) is 35.7 Å². The number of ether oxygens (including phenoxy) is 2. The zero-order chi connectivity index (χ0) is 32.4. The Kier molecular flexibility index (Phi) is 11.1. The number of carbonyl (C=O) groups excluding carboxylic acids is 1. The molecule has 0 aliphatic carbocycles. The molecule has 1 amide bonds. The second-order valence-electron chi connectivity index (χ2n) is 10.6. The molecule has 4 aromatic carbocycles. The summed E-state index contributed by atoms with van der Waals surface area (Å²) in [6.45, 7) is 0.877. The first kappa shape index (κ1) is 32.8. The smallest absolute Gasteiger partial charge is 0.266 e. The van der Waals surface area contributed by atoms with Crippen LogP contribution in [0.3, 0.4) is 0 Å². The zero-order valence-corrected chi connectivity index (χ0v) is 26.3. The van der Waals surface area contributed by atoms with Crippen molar-refractivity contribution in [1.82, 2.24) is 10.9 Å². The molecule has 1 aliphatic rings. The van der Waals surface area contributed by atoms with Crippen molar-refractivity contribution < 1.29 is 19.4 Å². The molecule has 0 bridgehead atoms. The summed E-state index contributed by atoms with van der Waals surface area (Å²) >= 11 is 13.0. The van der Waals surface area contributed by atoms with Crippen LogP contribution in [0, 0.1) is 0 Å². The second-order valence-corrected chi connectivity index (χ2v) is 11.4. The molecular weight excluding hydrogens is 627 g/mol. The van der Waals surface area contributed by atoms with Gasteiger partial charge < -0.3 is 14.6 Å². The number of aliphatic hydroxyl groups excluding tert-OH is 1. The lowest BCUT2D eigenvalue weighted by Crippen LogP contribution is -2.53. The quantitative estimate of drug-likeness (QED) is 0.0445. The van der Waals surface area contributed by atoms with Crippen molar-refractivity contribution in [1.29, 1.82) is 0 Å². The van der Waals surface area contributed by atoms with Crippen LogP contribution in [0.15, 0.2) is 107 Å². The van der Waals surface area contributed by atoms with Gasteiger partial charge in [-0.1, -0.05) is 89.0 Å². The first-order valence-corrected chi connectivity index (χ1v) is 15.4. The van der Waals surface area contributed by atoms with Crippen LogP contribution in [0.1, 0.15) is 40.3 Å². The van der Waals surface area contributed by atoms with Crippen LogP contribution in [0.2, 0.25) is 10.0 Å². The van der Waals surface area contributed by atoms with Crippen molar-refractivity contribution >= 4 is 35.0 Å². The number of benzene rings is 4. The van der Waals surface area contributed by atoms with Gasteiger partial charge in [0.1, 0.15) is 5.75 Å². The molecule has 236 valence electrons. The predicted molar refractivity (Wildman–Crippen MR) is 178 cm³/mol. The first-order chi connectivity index (χ1) is 22.4. The molecule has 0 saturated heterocycles. The Balaban J connectivity index is 1.58. The van der Waals surface area contributed by atoms with E-state index in [0.717, 1.165) is 16.7 Å². The van der Waals surface area contributed by atoms with E-state index in [-0.39, 0.29) is 25.5 Å². The highest BCUT2D eigenvalue weighted by Gasteiger charge is 2.54. The number of hydrogen-bond acceptors (Lipinski definition) is 7. The number of hydrogen-bond donors (Lipinski definition) is 3. The molecule has 1 heterocycles. The third-order valence-electron chi connectivity index (χ3n) is 7.49. The third-order valence-corrected chi connectivity index (χ3v) is 8.06. The lowest BCUT2D eigenvalue weighted by Gasteiger charge is -2.32. The molecule has 0 radical (unpaired) electrons. The Morgan fingerprint density at radius 2 is 1.76 bits per heavy atom. The van der Waals surface area contributed by atoms with Gasteiger partial charge in [-0.05, 0) is 58.6 Å². The van der Waals surface area contributed by atoms with Gasteiger partial charge in [0.15, 0.2) is 11.6 Å². The average Bonchev–Trinajstić information content (AvgIpc) is 3.45. The van der Waals surface area contributed by atoms with Gasteiger partial charge in [-0.25, -0.2) is 10.4 Å². The number of nitrogens with zero attached hydrogens (tertiary/aromatic N) is 4. The summed E-state index contributed by atoms with van der Waals surface area (Å²) in [6.07, 6.45) is -0.352. The summed E-state index contributed by atoms with van der Waals surface area (Å²) < 4.78 is 12.3. The Morgan fingerprint density at radius 1 is 1.02 bits per heavy atom. The van der Waals surface area contributed by atoms with Crippen LogP contribution < -0.4 is 15.6 Å². The van der Waals surface area contributed by atoms with Gasteiger partial charge in [0.05, 0.1) is 13.2 Å². The van der Waals surface area contributed by atoms with Crippen molar-refractivity contribution in [3.63, 3.8) is 0 Å². The third kappa shape index (κ3) is 7.80. The standard InChI is InChI=1S/C34H32Cl2N6O4/c35-27-13-16-29(30(36)19-27)31-34(20-25-9-4-5-10-26(25)22-39-42-37,33(44)41-38-21-23-7-2-1-3-8-23)40-32(46-31)24-11-14-28(15-12-24)45-18-6-17-43/h1-5,7-16,19,31,38,43H,6,17-18,20-22H2,(H,41,44)/t31-,34-/m0/s1. The molecule has 4 aromatic rings. The number of rotatable bonds is 14. The molecule has 10 nitrogen and oxygen atoms in total. The normalized spacial score (nSPS) is 17.0. The Bertz CT molecular complexity index is 1730. The molecule has 1 aliphatic heterocycles. The Morgan fingerprint density at radius 3 is 2.48 bits per heavy atom. The summed E-state index contributed by atoms with van der Waals surface area (Å²) in [5.41, 5.74) is 17.0. The molecule has 2 atom stereocenters. The van der Waals surface area contributed by atoms with Crippen LogP contribution in [0.5, 0.6) is 5.75 Å². The fourth-order valence-electron chi connectivity index (χ4n) is 5.19. The highest BCUT2D eigenvalue weighted by molar-refractivity contribution is 6.35. The minimum atomic E-state index is -1.56. The number of aliphatic imine (C=N–C) groups is 1. The van der Waals surface area contributed by atoms with Gasteiger partial charge in [-0.2, -0.15) is 0 Å². The van der Waals surface area contributed by atoms with Gasteiger partial charge >= 0.3 is 0 Å². The number of carbonyl (C=O) groups is 1. The van der Waals surface area contributed by atoms with Crippen LogP contribution in [-0.2, 0) is 29.0 Å². The van der Waals surface area contributed by atoms with Gasteiger partial charge in [0.2, 0.25) is 5.90 Å². The molecule has 0 aromatic heterocycles. The summed E-state index contributed by atoms with van der Waals surface area (Å²) in [4.78, 5) is 22.4. The molecule has 3 N–H and O–H groups in total. The molecule has 0 fully saturated rings. The van der Waals surface area contributed by atoms with E-state index >= 15 is 0 Å². The molecular formula is C34H32Cl2N6O4. The van der Waals surface area contributed by atoms with Gasteiger partial charge in [-0.3, -0.25) is 10.2 Å². The summed E-state index contributed by atoms with van der Waals surface area (Å²) in [7, 11) is 0. The first-order valence-electron chi connectivity index (χ1n) is 14.6. The number of halogens is 2. The molecule has 0 unspecified atom stereocenters. The number of hydrazine groups is 1. The monoisotopic (exact) mass is 658 g/mol. The lowest BCUT2D eigenvalue weighted by molar-refractivity contribution is -0.130. The maximum absolute atomic E-state index is 14.5. The number of nitrogens with one attached hydrogen (secondary N) is 2. The minimum Gasteiger partial charge on any atom is -0.494 e. The van der Waals surface area contributed by atoms with E-state index in [4.69, 9.17) is 48.3 Å². The Labute approximate surface area is 276 Å². The average molecular weight is 660 g/mol. The fourth-order valence-corrected chi connectivity index (χ4v) is 5.69. The second kappa shape index (κ2) is 15.6. The van der Waals surface area contributed by atoms with E-state index in [1.807, 2.05) is 54.6 Å². The highest BCUT2D eigenvalue weighted by Crippen LogP contribution is 2.45. The Hall–Kier alpha value is -4.57. The largest absolute Gasteiger partial charge is 0.494 e. The molecule has 46 heavy (non-hydrogen) atoms. The van der Waals surface area contributed by atoms with Crippen LogP contribution in [0.4, 0.5) is 0 Å². The summed E-state index contributed by atoms with van der Waals surface area (Å²) in [5.74, 6) is 0.412. The molecule has 5 rings (SSSR count). The maximum Gasteiger partial charge on any atom is 0.266 e. The van der Waals surface area contributed by atoms with Gasteiger partial charge in [-0.15, -0.1) is 0 Å². The SMILES string of the molecule is [N-]=[N+]=NCc1ccccc1C[C@]1(C(=O)NNCc2ccccc2)N=C(c2ccc(OCCCO)cc2)O[C@H]1c1ccc(Cl)cc1Cl. The molecule has 12 heteroatoms. The summed E-state index contributed by atoms with van der Waals surface area (Å²) in [6, 6.07) is 29.3. The van der Waals surface area contributed by atoms with E-state index in [0.29, 0.717) is 46.5 Å². The van der Waals surface area contributed by atoms with Crippen molar-refractivity contribution in [3.8, 4) is 5.75 Å². The van der Waals surface area contributed by atoms with Gasteiger partial charge in [0, 0.05) is 52.1 Å². The molecule has 0 saturated carbocycles.